The summed E-state index contributed by atoms with van der Waals surface area (Å²) in [6.45, 7) is 1.87. The SMILES string of the molecule is COCC(C)NS(=O)(=O)c1ccc(NC(=O)c2ccc(-c3cccc(C(F)(F)F)c3)o2)cc1. The molecule has 1 amide bonds. The van der Waals surface area contributed by atoms with Crippen LogP contribution in [0.15, 0.2) is 70.0 Å². The van der Waals surface area contributed by atoms with Crippen LogP contribution >= 0.6 is 0 Å². The number of amides is 1. The average Bonchev–Trinajstić information content (AvgIpc) is 3.24. The first-order valence-electron chi connectivity index (χ1n) is 9.70. The number of methoxy groups -OCH3 is 1. The second-order valence-electron chi connectivity index (χ2n) is 7.20. The lowest BCUT2D eigenvalue weighted by Gasteiger charge is -2.13. The molecule has 0 aliphatic carbocycles. The fraction of sp³-hybridized carbons (Fsp3) is 0.227. The molecule has 0 saturated carbocycles. The summed E-state index contributed by atoms with van der Waals surface area (Å²) in [5.74, 6) is -0.659. The van der Waals surface area contributed by atoms with Gasteiger partial charge in [-0.05, 0) is 55.5 Å². The number of alkyl halides is 3. The van der Waals surface area contributed by atoms with Crippen LogP contribution in [0.4, 0.5) is 18.9 Å². The number of furan rings is 1. The number of hydrogen-bond acceptors (Lipinski definition) is 5. The summed E-state index contributed by atoms with van der Waals surface area (Å²) in [4.78, 5) is 12.5. The maximum Gasteiger partial charge on any atom is 0.416 e. The molecule has 2 N–H and O–H groups in total. The summed E-state index contributed by atoms with van der Waals surface area (Å²) in [5.41, 5.74) is -0.349. The molecule has 1 aromatic heterocycles. The van der Waals surface area contributed by atoms with Crippen LogP contribution in [-0.2, 0) is 20.9 Å². The molecule has 3 aromatic rings. The summed E-state index contributed by atoms with van der Waals surface area (Å²) in [6, 6.07) is 12.3. The molecular formula is C22H21F3N2O5S. The number of anilines is 1. The van der Waals surface area contributed by atoms with Gasteiger partial charge in [0.25, 0.3) is 5.91 Å². The Bertz CT molecular complexity index is 1220. The van der Waals surface area contributed by atoms with Crippen molar-refractivity contribution in [2.24, 2.45) is 0 Å². The monoisotopic (exact) mass is 482 g/mol. The fourth-order valence-electron chi connectivity index (χ4n) is 2.99. The third kappa shape index (κ3) is 6.21. The maximum atomic E-state index is 12.9. The Kier molecular flexibility index (Phi) is 7.25. The van der Waals surface area contributed by atoms with Gasteiger partial charge in [-0.25, -0.2) is 13.1 Å². The van der Waals surface area contributed by atoms with E-state index in [4.69, 9.17) is 9.15 Å². The predicted molar refractivity (Wildman–Crippen MR) is 115 cm³/mol. The minimum absolute atomic E-state index is 0.00767. The molecule has 0 spiro atoms. The van der Waals surface area contributed by atoms with Crippen LogP contribution in [0.2, 0.25) is 0 Å². The Morgan fingerprint density at radius 2 is 1.79 bits per heavy atom. The molecule has 176 valence electrons. The van der Waals surface area contributed by atoms with Crippen molar-refractivity contribution in [1.29, 1.82) is 0 Å². The van der Waals surface area contributed by atoms with E-state index in [0.717, 1.165) is 12.1 Å². The number of carbonyl (C=O) groups excluding carboxylic acids is 1. The minimum atomic E-state index is -4.50. The first kappa shape index (κ1) is 24.5. The minimum Gasteiger partial charge on any atom is -0.451 e. The van der Waals surface area contributed by atoms with Crippen molar-refractivity contribution in [2.45, 2.75) is 24.0 Å². The van der Waals surface area contributed by atoms with E-state index >= 15 is 0 Å². The zero-order valence-electron chi connectivity index (χ0n) is 17.6. The highest BCUT2D eigenvalue weighted by Gasteiger charge is 2.30. The van der Waals surface area contributed by atoms with Crippen molar-refractivity contribution in [1.82, 2.24) is 4.72 Å². The number of benzene rings is 2. The molecule has 0 saturated heterocycles. The molecule has 0 fully saturated rings. The van der Waals surface area contributed by atoms with E-state index in [1.165, 1.54) is 55.6 Å². The number of hydrogen-bond donors (Lipinski definition) is 2. The molecule has 0 aliphatic heterocycles. The van der Waals surface area contributed by atoms with E-state index in [9.17, 15) is 26.4 Å². The quantitative estimate of drug-likeness (QED) is 0.492. The molecule has 2 aromatic carbocycles. The van der Waals surface area contributed by atoms with Gasteiger partial charge in [-0.3, -0.25) is 4.79 Å². The van der Waals surface area contributed by atoms with Gasteiger partial charge in [-0.2, -0.15) is 13.2 Å². The summed E-state index contributed by atoms with van der Waals surface area (Å²) in [5, 5.41) is 2.55. The van der Waals surface area contributed by atoms with Crippen LogP contribution in [0.25, 0.3) is 11.3 Å². The van der Waals surface area contributed by atoms with Crippen LogP contribution in [-0.4, -0.2) is 34.1 Å². The van der Waals surface area contributed by atoms with E-state index in [2.05, 4.69) is 10.0 Å². The average molecular weight is 482 g/mol. The number of ether oxygens (including phenoxy) is 1. The van der Waals surface area contributed by atoms with E-state index in [1.807, 2.05) is 0 Å². The van der Waals surface area contributed by atoms with Gasteiger partial charge < -0.3 is 14.5 Å². The number of rotatable bonds is 8. The standard InChI is InChI=1S/C22H21F3N2O5S/c1-14(13-31-2)27-33(29,30)18-8-6-17(7-9-18)26-21(28)20-11-10-19(32-20)15-4-3-5-16(12-15)22(23,24)25/h3-12,14,27H,13H2,1-2H3,(H,26,28). The van der Waals surface area contributed by atoms with Gasteiger partial charge in [0.2, 0.25) is 10.0 Å². The summed E-state index contributed by atoms with van der Waals surface area (Å²) < 4.78 is 76.3. The lowest BCUT2D eigenvalue weighted by Crippen LogP contribution is -2.35. The second-order valence-corrected chi connectivity index (χ2v) is 8.91. The van der Waals surface area contributed by atoms with Crippen LogP contribution < -0.4 is 10.0 Å². The maximum absolute atomic E-state index is 12.9. The van der Waals surface area contributed by atoms with Gasteiger partial charge >= 0.3 is 6.18 Å². The first-order valence-corrected chi connectivity index (χ1v) is 11.2. The Hall–Kier alpha value is -3.15. The van der Waals surface area contributed by atoms with Crippen molar-refractivity contribution in [3.63, 3.8) is 0 Å². The van der Waals surface area contributed by atoms with Gasteiger partial charge in [0.05, 0.1) is 17.1 Å². The third-order valence-electron chi connectivity index (χ3n) is 4.50. The number of halogens is 3. The number of sulfonamides is 1. The molecule has 0 aliphatic rings. The third-order valence-corrected chi connectivity index (χ3v) is 6.11. The molecule has 3 rings (SSSR count). The number of nitrogens with one attached hydrogen (secondary N) is 2. The Labute approximate surface area is 188 Å². The van der Waals surface area contributed by atoms with Crippen LogP contribution in [0, 0.1) is 0 Å². The smallest absolute Gasteiger partial charge is 0.416 e. The van der Waals surface area contributed by atoms with Gasteiger partial charge in [0, 0.05) is 24.4 Å². The van der Waals surface area contributed by atoms with Crippen molar-refractivity contribution in [2.75, 3.05) is 19.0 Å². The van der Waals surface area contributed by atoms with Crippen molar-refractivity contribution in [3.8, 4) is 11.3 Å². The summed E-state index contributed by atoms with van der Waals surface area (Å²) >= 11 is 0. The van der Waals surface area contributed by atoms with Crippen LogP contribution in [0.1, 0.15) is 23.0 Å². The summed E-state index contributed by atoms with van der Waals surface area (Å²) in [7, 11) is -2.30. The Morgan fingerprint density at radius 1 is 1.09 bits per heavy atom. The van der Waals surface area contributed by atoms with E-state index in [0.29, 0.717) is 5.69 Å². The Morgan fingerprint density at radius 3 is 2.42 bits per heavy atom. The fourth-order valence-corrected chi connectivity index (χ4v) is 4.22. The molecule has 1 heterocycles. The van der Waals surface area contributed by atoms with Gasteiger partial charge in [-0.1, -0.05) is 12.1 Å². The molecule has 0 bridgehead atoms. The van der Waals surface area contributed by atoms with Crippen molar-refractivity contribution < 1.29 is 35.5 Å². The van der Waals surface area contributed by atoms with Gasteiger partial charge in [-0.15, -0.1) is 0 Å². The second kappa shape index (κ2) is 9.77. The summed E-state index contributed by atoms with van der Waals surface area (Å²) in [6.07, 6.45) is -4.50. The van der Waals surface area contributed by atoms with E-state index in [-0.39, 0.29) is 28.6 Å². The molecule has 7 nitrogen and oxygen atoms in total. The lowest BCUT2D eigenvalue weighted by molar-refractivity contribution is -0.137. The van der Waals surface area contributed by atoms with Crippen molar-refractivity contribution in [3.05, 3.63) is 72.0 Å². The van der Waals surface area contributed by atoms with Crippen LogP contribution in [0.5, 0.6) is 0 Å². The molecule has 33 heavy (non-hydrogen) atoms. The topological polar surface area (TPSA) is 97.6 Å². The normalized spacial score (nSPS) is 13.0. The highest BCUT2D eigenvalue weighted by atomic mass is 32.2. The highest BCUT2D eigenvalue weighted by Crippen LogP contribution is 2.32. The van der Waals surface area contributed by atoms with Crippen molar-refractivity contribution >= 4 is 21.6 Å². The zero-order chi connectivity index (χ0) is 24.2. The molecule has 0 radical (unpaired) electrons. The molecule has 11 heteroatoms. The first-order chi connectivity index (χ1) is 15.5. The predicted octanol–water partition coefficient (Wildman–Crippen LogP) is 4.53. The van der Waals surface area contributed by atoms with Crippen LogP contribution in [0.3, 0.4) is 0 Å². The lowest BCUT2D eigenvalue weighted by atomic mass is 10.1. The largest absolute Gasteiger partial charge is 0.451 e. The molecule has 1 unspecified atom stereocenters. The van der Waals surface area contributed by atoms with Gasteiger partial charge in [0.1, 0.15) is 5.76 Å². The molecule has 1 atom stereocenters. The van der Waals surface area contributed by atoms with Gasteiger partial charge in [0.15, 0.2) is 5.76 Å². The zero-order valence-corrected chi connectivity index (χ0v) is 18.5. The Balaban J connectivity index is 1.70. The molecular weight excluding hydrogens is 461 g/mol. The highest BCUT2D eigenvalue weighted by molar-refractivity contribution is 7.89. The van der Waals surface area contributed by atoms with E-state index in [1.54, 1.807) is 6.92 Å². The number of carbonyl (C=O) groups is 1. The van der Waals surface area contributed by atoms with E-state index < -0.39 is 33.7 Å².